The second-order valence-corrected chi connectivity index (χ2v) is 7.36. The highest BCUT2D eigenvalue weighted by Crippen LogP contribution is 2.25. The first-order valence-corrected chi connectivity index (χ1v) is 9.43. The molecule has 1 fully saturated rings. The third kappa shape index (κ3) is 3.97. The van der Waals surface area contributed by atoms with Crippen LogP contribution in [0.3, 0.4) is 0 Å². The first-order chi connectivity index (χ1) is 12.0. The van der Waals surface area contributed by atoms with Crippen molar-refractivity contribution in [3.05, 3.63) is 48.8 Å². The molecule has 0 saturated carbocycles. The topological polar surface area (TPSA) is 88.6 Å². The standard InChI is InChI=1S/C17H19N3O4S/c1-2-24-15-7-5-14(6-8-15)20-12-13(10-17(20)21)19-25(22,23)16-4-3-9-18-11-16/h3-9,11,13,19H,2,10,12H2,1H3/t13-/m0/s1. The van der Waals surface area contributed by atoms with Crippen molar-refractivity contribution in [2.24, 2.45) is 0 Å². The maximum absolute atomic E-state index is 12.4. The van der Waals surface area contributed by atoms with Gasteiger partial charge in [0.25, 0.3) is 0 Å². The number of benzene rings is 1. The van der Waals surface area contributed by atoms with E-state index < -0.39 is 16.1 Å². The molecule has 25 heavy (non-hydrogen) atoms. The van der Waals surface area contributed by atoms with Gasteiger partial charge in [-0.2, -0.15) is 0 Å². The van der Waals surface area contributed by atoms with Gasteiger partial charge in [0, 0.05) is 37.1 Å². The number of aromatic nitrogens is 1. The Morgan fingerprint density at radius 3 is 2.68 bits per heavy atom. The van der Waals surface area contributed by atoms with Gasteiger partial charge in [-0.3, -0.25) is 9.78 Å². The number of ether oxygens (including phenoxy) is 1. The number of carbonyl (C=O) groups is 1. The van der Waals surface area contributed by atoms with Crippen LogP contribution in [0.25, 0.3) is 0 Å². The first-order valence-electron chi connectivity index (χ1n) is 7.95. The summed E-state index contributed by atoms with van der Waals surface area (Å²) < 4.78 is 32.7. The minimum absolute atomic E-state index is 0.0852. The van der Waals surface area contributed by atoms with Crippen LogP contribution in [0, 0.1) is 0 Å². The minimum atomic E-state index is -3.70. The lowest BCUT2D eigenvalue weighted by Gasteiger charge is -2.17. The van der Waals surface area contributed by atoms with Gasteiger partial charge in [0.15, 0.2) is 0 Å². The fourth-order valence-electron chi connectivity index (χ4n) is 2.72. The second kappa shape index (κ2) is 7.20. The summed E-state index contributed by atoms with van der Waals surface area (Å²) in [5.74, 6) is 0.606. The smallest absolute Gasteiger partial charge is 0.242 e. The molecule has 2 heterocycles. The van der Waals surface area contributed by atoms with Crippen LogP contribution in [0.2, 0.25) is 0 Å². The van der Waals surface area contributed by atoms with Gasteiger partial charge in [0.1, 0.15) is 10.6 Å². The number of anilines is 1. The number of amides is 1. The number of carbonyl (C=O) groups excluding carboxylic acids is 1. The van der Waals surface area contributed by atoms with Crippen molar-refractivity contribution in [1.82, 2.24) is 9.71 Å². The molecule has 2 aromatic rings. The highest BCUT2D eigenvalue weighted by molar-refractivity contribution is 7.89. The number of sulfonamides is 1. The number of nitrogens with one attached hydrogen (secondary N) is 1. The lowest BCUT2D eigenvalue weighted by molar-refractivity contribution is -0.117. The van der Waals surface area contributed by atoms with E-state index >= 15 is 0 Å². The van der Waals surface area contributed by atoms with E-state index in [-0.39, 0.29) is 23.8 Å². The molecule has 1 aromatic heterocycles. The summed E-state index contributed by atoms with van der Waals surface area (Å²) >= 11 is 0. The van der Waals surface area contributed by atoms with E-state index in [4.69, 9.17) is 4.74 Å². The summed E-state index contributed by atoms with van der Waals surface area (Å²) in [5, 5.41) is 0. The zero-order valence-electron chi connectivity index (χ0n) is 13.8. The van der Waals surface area contributed by atoms with E-state index in [1.54, 1.807) is 35.2 Å². The zero-order valence-corrected chi connectivity index (χ0v) is 14.6. The largest absolute Gasteiger partial charge is 0.494 e. The van der Waals surface area contributed by atoms with E-state index in [9.17, 15) is 13.2 Å². The summed E-state index contributed by atoms with van der Waals surface area (Å²) in [6.07, 6.45) is 2.90. The maximum Gasteiger partial charge on any atom is 0.242 e. The molecule has 1 amide bonds. The van der Waals surface area contributed by atoms with Gasteiger partial charge < -0.3 is 9.64 Å². The van der Waals surface area contributed by atoms with Gasteiger partial charge in [-0.1, -0.05) is 0 Å². The molecule has 7 nitrogen and oxygen atoms in total. The summed E-state index contributed by atoms with van der Waals surface area (Å²) in [4.78, 5) is 17.7. The van der Waals surface area contributed by atoms with Gasteiger partial charge in [0.05, 0.1) is 6.61 Å². The minimum Gasteiger partial charge on any atom is -0.494 e. The molecule has 1 aliphatic heterocycles. The zero-order chi connectivity index (χ0) is 17.9. The van der Waals surface area contributed by atoms with Crippen LogP contribution in [0.4, 0.5) is 5.69 Å². The fourth-order valence-corrected chi connectivity index (χ4v) is 3.91. The van der Waals surface area contributed by atoms with Crippen molar-refractivity contribution in [2.75, 3.05) is 18.1 Å². The highest BCUT2D eigenvalue weighted by atomic mass is 32.2. The van der Waals surface area contributed by atoms with Gasteiger partial charge in [-0.25, -0.2) is 13.1 Å². The van der Waals surface area contributed by atoms with Crippen molar-refractivity contribution in [1.29, 1.82) is 0 Å². The highest BCUT2D eigenvalue weighted by Gasteiger charge is 2.33. The quantitative estimate of drug-likeness (QED) is 0.844. The van der Waals surface area contributed by atoms with Crippen molar-refractivity contribution < 1.29 is 17.9 Å². The summed E-state index contributed by atoms with van der Waals surface area (Å²) in [6.45, 7) is 2.75. The normalized spacial score (nSPS) is 17.7. The Hall–Kier alpha value is -2.45. The summed E-state index contributed by atoms with van der Waals surface area (Å²) in [6, 6.07) is 9.71. The number of hydrogen-bond donors (Lipinski definition) is 1. The van der Waals surface area contributed by atoms with Gasteiger partial charge in [0.2, 0.25) is 15.9 Å². The van der Waals surface area contributed by atoms with Gasteiger partial charge in [-0.15, -0.1) is 0 Å². The molecule has 1 aromatic carbocycles. The molecule has 8 heteroatoms. The van der Waals surface area contributed by atoms with Crippen LogP contribution in [0.1, 0.15) is 13.3 Å². The summed E-state index contributed by atoms with van der Waals surface area (Å²) in [5.41, 5.74) is 0.719. The molecule has 132 valence electrons. The Kier molecular flexibility index (Phi) is 5.00. The lowest BCUT2D eigenvalue weighted by Crippen LogP contribution is -2.37. The molecular formula is C17H19N3O4S. The van der Waals surface area contributed by atoms with Crippen LogP contribution in [0.5, 0.6) is 5.75 Å². The summed E-state index contributed by atoms with van der Waals surface area (Å²) in [7, 11) is -3.70. The molecule has 1 saturated heterocycles. The van der Waals surface area contributed by atoms with Crippen LogP contribution < -0.4 is 14.4 Å². The van der Waals surface area contributed by atoms with Gasteiger partial charge in [-0.05, 0) is 43.3 Å². The van der Waals surface area contributed by atoms with Crippen molar-refractivity contribution >= 4 is 21.6 Å². The Morgan fingerprint density at radius 1 is 1.28 bits per heavy atom. The Labute approximate surface area is 146 Å². The molecule has 1 atom stereocenters. The Bertz CT molecular complexity index is 838. The molecule has 3 rings (SSSR count). The van der Waals surface area contributed by atoms with Crippen molar-refractivity contribution in [2.45, 2.75) is 24.3 Å². The van der Waals surface area contributed by atoms with Crippen molar-refractivity contribution in [3.8, 4) is 5.75 Å². The lowest BCUT2D eigenvalue weighted by atomic mass is 10.3. The first kappa shape index (κ1) is 17.4. The molecule has 0 radical (unpaired) electrons. The predicted octanol–water partition coefficient (Wildman–Crippen LogP) is 1.56. The average Bonchev–Trinajstić information content (AvgIpc) is 2.96. The van der Waals surface area contributed by atoms with Crippen LogP contribution in [-0.2, 0) is 14.8 Å². The number of rotatable bonds is 6. The van der Waals surface area contributed by atoms with Crippen LogP contribution in [-0.4, -0.2) is 38.5 Å². The SMILES string of the molecule is CCOc1ccc(N2C[C@@H](NS(=O)(=O)c3cccnc3)CC2=O)cc1. The third-order valence-corrected chi connectivity index (χ3v) is 5.36. The average molecular weight is 361 g/mol. The van der Waals surface area contributed by atoms with E-state index in [1.165, 1.54) is 18.5 Å². The third-order valence-electron chi connectivity index (χ3n) is 3.85. The molecular weight excluding hydrogens is 342 g/mol. The van der Waals surface area contributed by atoms with E-state index in [2.05, 4.69) is 9.71 Å². The number of hydrogen-bond acceptors (Lipinski definition) is 5. The monoisotopic (exact) mass is 361 g/mol. The van der Waals surface area contributed by atoms with E-state index in [0.29, 0.717) is 6.61 Å². The van der Waals surface area contributed by atoms with Crippen LogP contribution in [0.15, 0.2) is 53.7 Å². The molecule has 0 unspecified atom stereocenters. The molecule has 0 spiro atoms. The van der Waals surface area contributed by atoms with Crippen LogP contribution >= 0.6 is 0 Å². The van der Waals surface area contributed by atoms with Gasteiger partial charge >= 0.3 is 0 Å². The molecule has 1 aliphatic rings. The Balaban J connectivity index is 1.70. The molecule has 0 bridgehead atoms. The maximum atomic E-state index is 12.4. The molecule has 1 N–H and O–H groups in total. The fraction of sp³-hybridized carbons (Fsp3) is 0.294. The number of nitrogens with zero attached hydrogens (tertiary/aromatic N) is 2. The number of pyridine rings is 1. The predicted molar refractivity (Wildman–Crippen MR) is 92.9 cm³/mol. The van der Waals surface area contributed by atoms with E-state index in [1.807, 2.05) is 6.92 Å². The molecule has 0 aliphatic carbocycles. The van der Waals surface area contributed by atoms with Crippen molar-refractivity contribution in [3.63, 3.8) is 0 Å². The second-order valence-electron chi connectivity index (χ2n) is 5.64. The van der Waals surface area contributed by atoms with E-state index in [0.717, 1.165) is 11.4 Å². The Morgan fingerprint density at radius 2 is 2.04 bits per heavy atom.